The number of carbonyl (C=O) groups is 1. The molecule has 0 saturated carbocycles. The molecule has 1 aromatic carbocycles. The summed E-state index contributed by atoms with van der Waals surface area (Å²) >= 11 is 0. The predicted molar refractivity (Wildman–Crippen MR) is 82.2 cm³/mol. The summed E-state index contributed by atoms with van der Waals surface area (Å²) in [5.41, 5.74) is 0.319. The lowest BCUT2D eigenvalue weighted by Gasteiger charge is -2.16. The van der Waals surface area contributed by atoms with Crippen LogP contribution in [-0.2, 0) is 16.8 Å². The van der Waals surface area contributed by atoms with Gasteiger partial charge in [-0.2, -0.15) is 4.98 Å². The lowest BCUT2D eigenvalue weighted by molar-refractivity contribution is -0.128. The summed E-state index contributed by atoms with van der Waals surface area (Å²) in [4.78, 5) is 18.3. The molecular weight excluding hydrogens is 297 g/mol. The highest BCUT2D eigenvalue weighted by atomic mass is 19.1. The van der Waals surface area contributed by atoms with Gasteiger partial charge in [0.25, 0.3) is 0 Å². The van der Waals surface area contributed by atoms with E-state index in [1.165, 1.54) is 6.07 Å². The molecule has 6 heteroatoms. The minimum absolute atomic E-state index is 0.0197. The molecule has 0 aliphatic carbocycles. The Morgan fingerprint density at radius 2 is 2.09 bits per heavy atom. The van der Waals surface area contributed by atoms with Crippen LogP contribution in [0.25, 0.3) is 0 Å². The largest absolute Gasteiger partial charge is 0.339 e. The van der Waals surface area contributed by atoms with E-state index in [0.29, 0.717) is 30.2 Å². The van der Waals surface area contributed by atoms with Crippen LogP contribution in [0.1, 0.15) is 50.4 Å². The SMILES string of the molecule is CC(C)(C)c1noc(C2CC(=O)N(Cc3ccccc3F)C2)n1. The number of nitrogens with zero attached hydrogens (tertiary/aromatic N) is 3. The number of rotatable bonds is 3. The van der Waals surface area contributed by atoms with Gasteiger partial charge in [-0.25, -0.2) is 4.39 Å². The number of carbonyl (C=O) groups excluding carboxylic acids is 1. The monoisotopic (exact) mass is 317 g/mol. The van der Waals surface area contributed by atoms with E-state index >= 15 is 0 Å². The van der Waals surface area contributed by atoms with Crippen molar-refractivity contribution in [2.75, 3.05) is 6.54 Å². The average Bonchev–Trinajstić information content (AvgIpc) is 3.08. The van der Waals surface area contributed by atoms with Crippen molar-refractivity contribution in [3.05, 3.63) is 47.4 Å². The molecule has 0 spiro atoms. The van der Waals surface area contributed by atoms with Gasteiger partial charge < -0.3 is 9.42 Å². The molecule has 0 radical (unpaired) electrons. The van der Waals surface area contributed by atoms with E-state index in [9.17, 15) is 9.18 Å². The van der Waals surface area contributed by atoms with Gasteiger partial charge in [0.15, 0.2) is 5.82 Å². The lowest BCUT2D eigenvalue weighted by Crippen LogP contribution is -2.25. The van der Waals surface area contributed by atoms with Gasteiger partial charge in [0.2, 0.25) is 11.8 Å². The minimum atomic E-state index is -0.295. The molecule has 1 fully saturated rings. The molecule has 122 valence electrons. The molecule has 1 aliphatic rings. The maximum Gasteiger partial charge on any atom is 0.232 e. The standard InChI is InChI=1S/C17H20FN3O2/c1-17(2,3)16-19-15(23-20-16)12-8-14(22)21(10-12)9-11-6-4-5-7-13(11)18/h4-7,12H,8-10H2,1-3H3. The second-order valence-corrected chi connectivity index (χ2v) is 6.97. The Hall–Kier alpha value is -2.24. The molecule has 1 unspecified atom stereocenters. The van der Waals surface area contributed by atoms with E-state index in [1.54, 1.807) is 23.1 Å². The van der Waals surface area contributed by atoms with Crippen molar-refractivity contribution < 1.29 is 13.7 Å². The normalized spacial score (nSPS) is 18.7. The first-order valence-corrected chi connectivity index (χ1v) is 7.70. The summed E-state index contributed by atoms with van der Waals surface area (Å²) in [5, 5.41) is 4.00. The van der Waals surface area contributed by atoms with Gasteiger partial charge in [-0.15, -0.1) is 0 Å². The number of hydrogen-bond acceptors (Lipinski definition) is 4. The van der Waals surface area contributed by atoms with Gasteiger partial charge in [-0.05, 0) is 6.07 Å². The number of hydrogen-bond donors (Lipinski definition) is 0. The van der Waals surface area contributed by atoms with E-state index in [2.05, 4.69) is 10.1 Å². The smallest absolute Gasteiger partial charge is 0.232 e. The van der Waals surface area contributed by atoms with Gasteiger partial charge in [-0.3, -0.25) is 4.79 Å². The van der Waals surface area contributed by atoms with Crippen molar-refractivity contribution >= 4 is 5.91 Å². The van der Waals surface area contributed by atoms with Crippen LogP contribution < -0.4 is 0 Å². The summed E-state index contributed by atoms with van der Waals surface area (Å²) in [5.74, 6) is 0.676. The molecule has 1 aromatic heterocycles. The number of benzene rings is 1. The molecular formula is C17H20FN3O2. The third-order valence-corrected chi connectivity index (χ3v) is 4.00. The molecule has 3 rings (SSSR count). The van der Waals surface area contributed by atoms with Crippen LogP contribution in [0.3, 0.4) is 0 Å². The molecule has 5 nitrogen and oxygen atoms in total. The first kappa shape index (κ1) is 15.6. The summed E-state index contributed by atoms with van der Waals surface area (Å²) < 4.78 is 19.1. The Morgan fingerprint density at radius 3 is 2.74 bits per heavy atom. The number of amides is 1. The lowest BCUT2D eigenvalue weighted by atomic mass is 9.96. The van der Waals surface area contributed by atoms with Gasteiger partial charge >= 0.3 is 0 Å². The van der Waals surface area contributed by atoms with Crippen LogP contribution in [0.4, 0.5) is 4.39 Å². The van der Waals surface area contributed by atoms with Crippen LogP contribution in [0.5, 0.6) is 0 Å². The Balaban J connectivity index is 1.72. The molecule has 1 saturated heterocycles. The summed E-state index contributed by atoms with van der Waals surface area (Å²) in [7, 11) is 0. The van der Waals surface area contributed by atoms with Crippen molar-refractivity contribution in [3.8, 4) is 0 Å². The highest BCUT2D eigenvalue weighted by molar-refractivity contribution is 5.79. The fourth-order valence-electron chi connectivity index (χ4n) is 2.63. The molecule has 0 bridgehead atoms. The maximum absolute atomic E-state index is 13.7. The molecule has 2 heterocycles. The van der Waals surface area contributed by atoms with Crippen molar-refractivity contribution in [1.29, 1.82) is 0 Å². The third-order valence-electron chi connectivity index (χ3n) is 4.00. The van der Waals surface area contributed by atoms with Crippen LogP contribution in [0.2, 0.25) is 0 Å². The average molecular weight is 317 g/mol. The Labute approximate surface area is 134 Å². The summed E-state index contributed by atoms with van der Waals surface area (Å²) in [6, 6.07) is 6.51. The molecule has 1 amide bonds. The van der Waals surface area contributed by atoms with E-state index in [0.717, 1.165) is 0 Å². The second kappa shape index (κ2) is 5.76. The van der Waals surface area contributed by atoms with Gasteiger partial charge in [0.05, 0.1) is 5.92 Å². The molecule has 0 N–H and O–H groups in total. The molecule has 2 aromatic rings. The number of aromatic nitrogens is 2. The van der Waals surface area contributed by atoms with E-state index < -0.39 is 0 Å². The zero-order valence-electron chi connectivity index (χ0n) is 13.5. The third kappa shape index (κ3) is 3.25. The van der Waals surface area contributed by atoms with Crippen LogP contribution in [0, 0.1) is 5.82 Å². The molecule has 1 aliphatic heterocycles. The van der Waals surface area contributed by atoms with Crippen LogP contribution in [-0.4, -0.2) is 27.5 Å². The maximum atomic E-state index is 13.7. The van der Waals surface area contributed by atoms with Gasteiger partial charge in [0.1, 0.15) is 5.82 Å². The Bertz CT molecular complexity index is 721. The number of halogens is 1. The Morgan fingerprint density at radius 1 is 1.35 bits per heavy atom. The highest BCUT2D eigenvalue weighted by Crippen LogP contribution is 2.30. The zero-order valence-corrected chi connectivity index (χ0v) is 13.5. The van der Waals surface area contributed by atoms with E-state index in [-0.39, 0.29) is 29.6 Å². The highest BCUT2D eigenvalue weighted by Gasteiger charge is 2.35. The summed E-state index contributed by atoms with van der Waals surface area (Å²) in [6.45, 7) is 6.75. The quantitative estimate of drug-likeness (QED) is 0.873. The van der Waals surface area contributed by atoms with Crippen LogP contribution >= 0.6 is 0 Å². The molecule has 1 atom stereocenters. The van der Waals surface area contributed by atoms with Crippen LogP contribution in [0.15, 0.2) is 28.8 Å². The fraction of sp³-hybridized carbons (Fsp3) is 0.471. The van der Waals surface area contributed by atoms with Crippen molar-refractivity contribution in [3.63, 3.8) is 0 Å². The van der Waals surface area contributed by atoms with Crippen molar-refractivity contribution in [2.45, 2.75) is 45.1 Å². The Kier molecular flexibility index (Phi) is 3.92. The van der Waals surface area contributed by atoms with Crippen molar-refractivity contribution in [1.82, 2.24) is 15.0 Å². The number of likely N-dealkylation sites (tertiary alicyclic amines) is 1. The summed E-state index contributed by atoms with van der Waals surface area (Å²) in [6.07, 6.45) is 0.320. The first-order valence-electron chi connectivity index (χ1n) is 7.70. The first-order chi connectivity index (χ1) is 10.8. The van der Waals surface area contributed by atoms with Gasteiger partial charge in [0, 0.05) is 30.5 Å². The minimum Gasteiger partial charge on any atom is -0.339 e. The predicted octanol–water partition coefficient (Wildman–Crippen LogP) is 3.02. The van der Waals surface area contributed by atoms with E-state index in [1.807, 2.05) is 20.8 Å². The van der Waals surface area contributed by atoms with Gasteiger partial charge in [-0.1, -0.05) is 44.1 Å². The zero-order chi connectivity index (χ0) is 16.6. The van der Waals surface area contributed by atoms with E-state index in [4.69, 9.17) is 4.52 Å². The van der Waals surface area contributed by atoms with Crippen molar-refractivity contribution in [2.24, 2.45) is 0 Å². The second-order valence-electron chi connectivity index (χ2n) is 6.97. The topological polar surface area (TPSA) is 59.2 Å². The molecule has 23 heavy (non-hydrogen) atoms. The fourth-order valence-corrected chi connectivity index (χ4v) is 2.63.